The highest BCUT2D eigenvalue weighted by atomic mass is 16.4. The Hall–Kier alpha value is -2.10. The summed E-state index contributed by atoms with van der Waals surface area (Å²) in [5.41, 5.74) is 1.56. The summed E-state index contributed by atoms with van der Waals surface area (Å²) in [6.45, 7) is 1.68. The number of anilines is 1. The minimum absolute atomic E-state index is 0.0600. The van der Waals surface area contributed by atoms with Gasteiger partial charge >= 0.3 is 5.97 Å². The SMILES string of the molecule is CC1C(=O)/C(=C/N(C)c2ccccc2)CC1C(=O)O. The molecule has 4 nitrogen and oxygen atoms in total. The second kappa shape index (κ2) is 5.26. The van der Waals surface area contributed by atoms with Crippen LogP contribution in [0.15, 0.2) is 42.1 Å². The van der Waals surface area contributed by atoms with E-state index in [1.807, 2.05) is 42.3 Å². The molecule has 0 heterocycles. The maximum absolute atomic E-state index is 12.0. The molecule has 0 aliphatic heterocycles. The van der Waals surface area contributed by atoms with E-state index in [4.69, 9.17) is 5.11 Å². The van der Waals surface area contributed by atoms with E-state index in [2.05, 4.69) is 0 Å². The summed E-state index contributed by atoms with van der Waals surface area (Å²) >= 11 is 0. The number of carbonyl (C=O) groups excluding carboxylic acids is 1. The number of ketones is 1. The van der Waals surface area contributed by atoms with E-state index in [-0.39, 0.29) is 5.78 Å². The number of aliphatic carboxylic acids is 1. The van der Waals surface area contributed by atoms with Crippen LogP contribution in [0.2, 0.25) is 0 Å². The number of carboxylic acid groups (broad SMARTS) is 1. The normalized spacial score (nSPS) is 24.7. The van der Waals surface area contributed by atoms with Crippen LogP contribution in [0.3, 0.4) is 0 Å². The van der Waals surface area contributed by atoms with Gasteiger partial charge in [-0.25, -0.2) is 0 Å². The highest BCUT2D eigenvalue weighted by Gasteiger charge is 2.39. The topological polar surface area (TPSA) is 57.6 Å². The number of carbonyl (C=O) groups is 2. The molecular weight excluding hydrogens is 242 g/mol. The molecule has 1 N–H and O–H groups in total. The van der Waals surface area contributed by atoms with Crippen LogP contribution in [0.5, 0.6) is 0 Å². The molecule has 0 aromatic heterocycles. The Morgan fingerprint density at radius 2 is 2.00 bits per heavy atom. The molecule has 1 aromatic rings. The van der Waals surface area contributed by atoms with Crippen LogP contribution in [0.4, 0.5) is 5.69 Å². The monoisotopic (exact) mass is 259 g/mol. The molecule has 19 heavy (non-hydrogen) atoms. The summed E-state index contributed by atoms with van der Waals surface area (Å²) < 4.78 is 0. The summed E-state index contributed by atoms with van der Waals surface area (Å²) in [7, 11) is 1.86. The van der Waals surface area contributed by atoms with Crippen LogP contribution in [0.1, 0.15) is 13.3 Å². The second-order valence-electron chi connectivity index (χ2n) is 4.90. The number of allylic oxidation sites excluding steroid dienone is 1. The van der Waals surface area contributed by atoms with Gasteiger partial charge < -0.3 is 10.0 Å². The molecule has 0 amide bonds. The van der Waals surface area contributed by atoms with E-state index in [0.29, 0.717) is 12.0 Å². The zero-order valence-electron chi connectivity index (χ0n) is 11.0. The number of hydrogen-bond acceptors (Lipinski definition) is 3. The first-order chi connectivity index (χ1) is 9.00. The molecule has 0 radical (unpaired) electrons. The molecule has 0 spiro atoms. The fourth-order valence-corrected chi connectivity index (χ4v) is 2.38. The summed E-state index contributed by atoms with van der Waals surface area (Å²) in [6.07, 6.45) is 2.06. The van der Waals surface area contributed by atoms with Gasteiger partial charge in [0.2, 0.25) is 0 Å². The molecule has 1 saturated carbocycles. The van der Waals surface area contributed by atoms with Gasteiger partial charge in [-0.05, 0) is 18.6 Å². The Bertz CT molecular complexity index is 521. The maximum atomic E-state index is 12.0. The van der Waals surface area contributed by atoms with Crippen molar-refractivity contribution in [3.8, 4) is 0 Å². The van der Waals surface area contributed by atoms with E-state index < -0.39 is 17.8 Å². The van der Waals surface area contributed by atoms with Gasteiger partial charge in [-0.2, -0.15) is 0 Å². The zero-order chi connectivity index (χ0) is 14.0. The third-order valence-electron chi connectivity index (χ3n) is 3.60. The molecule has 4 heteroatoms. The van der Waals surface area contributed by atoms with Crippen LogP contribution in [0, 0.1) is 11.8 Å². The van der Waals surface area contributed by atoms with Crippen LogP contribution in [0.25, 0.3) is 0 Å². The van der Waals surface area contributed by atoms with Crippen molar-refractivity contribution in [3.63, 3.8) is 0 Å². The molecule has 0 bridgehead atoms. The average Bonchev–Trinajstić information content (AvgIpc) is 2.68. The zero-order valence-corrected chi connectivity index (χ0v) is 11.0. The molecule has 1 aliphatic rings. The molecule has 1 fully saturated rings. The Labute approximate surface area is 112 Å². The van der Waals surface area contributed by atoms with E-state index in [1.54, 1.807) is 13.1 Å². The van der Waals surface area contributed by atoms with Crippen molar-refractivity contribution in [2.24, 2.45) is 11.8 Å². The van der Waals surface area contributed by atoms with Crippen LogP contribution in [-0.4, -0.2) is 23.9 Å². The Kier molecular flexibility index (Phi) is 3.69. The summed E-state index contributed by atoms with van der Waals surface area (Å²) in [5.74, 6) is -1.99. The molecule has 0 saturated heterocycles. The fourth-order valence-electron chi connectivity index (χ4n) is 2.38. The van der Waals surface area contributed by atoms with Crippen molar-refractivity contribution in [2.45, 2.75) is 13.3 Å². The van der Waals surface area contributed by atoms with Crippen LogP contribution < -0.4 is 4.90 Å². The van der Waals surface area contributed by atoms with Gasteiger partial charge in [-0.3, -0.25) is 9.59 Å². The smallest absolute Gasteiger partial charge is 0.307 e. The third kappa shape index (κ3) is 2.67. The molecule has 2 rings (SSSR count). The van der Waals surface area contributed by atoms with Crippen molar-refractivity contribution in [3.05, 3.63) is 42.1 Å². The van der Waals surface area contributed by atoms with Crippen molar-refractivity contribution in [1.29, 1.82) is 0 Å². The number of nitrogens with zero attached hydrogens (tertiary/aromatic N) is 1. The lowest BCUT2D eigenvalue weighted by Crippen LogP contribution is -2.19. The van der Waals surface area contributed by atoms with Gasteiger partial charge in [0.05, 0.1) is 5.92 Å². The minimum atomic E-state index is -0.897. The fraction of sp³-hybridized carbons (Fsp3) is 0.333. The van der Waals surface area contributed by atoms with Gasteiger partial charge in [-0.1, -0.05) is 25.1 Å². The van der Waals surface area contributed by atoms with Gasteiger partial charge in [0.15, 0.2) is 5.78 Å². The van der Waals surface area contributed by atoms with Crippen molar-refractivity contribution in [2.75, 3.05) is 11.9 Å². The summed E-state index contributed by atoms with van der Waals surface area (Å²) in [5, 5.41) is 9.08. The van der Waals surface area contributed by atoms with Gasteiger partial charge in [0, 0.05) is 30.4 Å². The van der Waals surface area contributed by atoms with E-state index >= 15 is 0 Å². The first-order valence-corrected chi connectivity index (χ1v) is 6.26. The number of Topliss-reactive ketones (excluding diaryl/α,β-unsaturated/α-hetero) is 1. The van der Waals surface area contributed by atoms with Crippen molar-refractivity contribution in [1.82, 2.24) is 0 Å². The molecule has 100 valence electrons. The highest BCUT2D eigenvalue weighted by molar-refractivity contribution is 6.03. The molecule has 2 unspecified atom stereocenters. The predicted octanol–water partition coefficient (Wildman–Crippen LogP) is 2.32. The molecule has 2 atom stereocenters. The van der Waals surface area contributed by atoms with Gasteiger partial charge in [0.1, 0.15) is 0 Å². The summed E-state index contributed by atoms with van der Waals surface area (Å²) in [4.78, 5) is 24.9. The average molecular weight is 259 g/mol. The second-order valence-corrected chi connectivity index (χ2v) is 4.90. The van der Waals surface area contributed by atoms with E-state index in [0.717, 1.165) is 5.69 Å². The minimum Gasteiger partial charge on any atom is -0.481 e. The Morgan fingerprint density at radius 3 is 2.53 bits per heavy atom. The third-order valence-corrected chi connectivity index (χ3v) is 3.60. The van der Waals surface area contributed by atoms with E-state index in [1.165, 1.54) is 0 Å². The largest absolute Gasteiger partial charge is 0.481 e. The molecule has 1 aliphatic carbocycles. The number of hydrogen-bond donors (Lipinski definition) is 1. The van der Waals surface area contributed by atoms with Gasteiger partial charge in [0.25, 0.3) is 0 Å². The highest BCUT2D eigenvalue weighted by Crippen LogP contribution is 2.33. The number of rotatable bonds is 3. The number of benzene rings is 1. The quantitative estimate of drug-likeness (QED) is 0.846. The van der Waals surface area contributed by atoms with Crippen LogP contribution >= 0.6 is 0 Å². The lowest BCUT2D eigenvalue weighted by molar-refractivity contribution is -0.144. The van der Waals surface area contributed by atoms with Crippen molar-refractivity contribution < 1.29 is 14.7 Å². The Balaban J connectivity index is 2.21. The predicted molar refractivity (Wildman–Crippen MR) is 72.8 cm³/mol. The van der Waals surface area contributed by atoms with Gasteiger partial charge in [-0.15, -0.1) is 0 Å². The Morgan fingerprint density at radius 1 is 1.37 bits per heavy atom. The number of carboxylic acids is 1. The standard InChI is InChI=1S/C15H17NO3/c1-10-13(15(18)19)8-11(14(10)17)9-16(2)12-6-4-3-5-7-12/h3-7,9-10,13H,8H2,1-2H3,(H,18,19)/b11-9+. The van der Waals surface area contributed by atoms with Crippen molar-refractivity contribution >= 4 is 17.4 Å². The lowest BCUT2D eigenvalue weighted by atomic mass is 9.98. The molecule has 1 aromatic carbocycles. The number of para-hydroxylation sites is 1. The lowest BCUT2D eigenvalue weighted by Gasteiger charge is -2.15. The maximum Gasteiger partial charge on any atom is 0.307 e. The summed E-state index contributed by atoms with van der Waals surface area (Å²) in [6, 6.07) is 9.64. The first-order valence-electron chi connectivity index (χ1n) is 6.26. The van der Waals surface area contributed by atoms with E-state index in [9.17, 15) is 9.59 Å². The first kappa shape index (κ1) is 13.3. The van der Waals surface area contributed by atoms with Crippen LogP contribution in [-0.2, 0) is 9.59 Å². The molecular formula is C15H17NO3.